The summed E-state index contributed by atoms with van der Waals surface area (Å²) in [5.41, 5.74) is 1.39. The fraction of sp³-hybridized carbons (Fsp3) is 0.444. The van der Waals surface area contributed by atoms with Crippen LogP contribution in [0.15, 0.2) is 48.5 Å². The zero-order valence-corrected chi connectivity index (χ0v) is 22.1. The number of benzene rings is 2. The third kappa shape index (κ3) is 8.36. The molecule has 0 aliphatic carbocycles. The van der Waals surface area contributed by atoms with Crippen LogP contribution in [0.3, 0.4) is 0 Å². The standard InChI is InChI=1S/C27H34ClN3O6/c1-27(2,3)37-26(36)30(17-23(32)19-6-4-7-20(28)16-19)15-13-18-9-11-21(12-10-18)29-24(33)22-8-5-14-31(22)25(34)35/h4,6-7,9-12,16,22-23,32H,5,8,13-15,17H2,1-3H3,(H,29,33)(H,34,35)/t22-,23?/m0/s1. The molecule has 0 spiro atoms. The number of carboxylic acid groups (broad SMARTS) is 1. The molecule has 3 N–H and O–H groups in total. The van der Waals surface area contributed by atoms with Crippen LogP contribution in [0.2, 0.25) is 5.02 Å². The molecule has 1 heterocycles. The van der Waals surface area contributed by atoms with Gasteiger partial charge in [0.05, 0.1) is 12.6 Å². The predicted octanol–water partition coefficient (Wildman–Crippen LogP) is 4.93. The van der Waals surface area contributed by atoms with E-state index in [0.717, 1.165) is 10.5 Å². The second kappa shape index (κ2) is 12.3. The van der Waals surface area contributed by atoms with E-state index in [9.17, 15) is 24.6 Å². The molecule has 10 heteroatoms. The first-order valence-corrected chi connectivity index (χ1v) is 12.6. The van der Waals surface area contributed by atoms with Crippen molar-refractivity contribution in [2.45, 2.75) is 57.8 Å². The van der Waals surface area contributed by atoms with E-state index in [1.807, 2.05) is 12.1 Å². The van der Waals surface area contributed by atoms with Crippen LogP contribution < -0.4 is 5.32 Å². The number of hydrogen-bond acceptors (Lipinski definition) is 5. The molecule has 0 aromatic heterocycles. The van der Waals surface area contributed by atoms with Crippen molar-refractivity contribution in [3.63, 3.8) is 0 Å². The molecule has 3 amide bonds. The Balaban J connectivity index is 1.63. The lowest BCUT2D eigenvalue weighted by molar-refractivity contribution is -0.119. The number of anilines is 1. The molecule has 2 aromatic carbocycles. The second-order valence-electron chi connectivity index (χ2n) is 10.1. The number of rotatable bonds is 8. The molecule has 2 atom stereocenters. The number of likely N-dealkylation sites (tertiary alicyclic amines) is 1. The molecule has 1 aliphatic rings. The van der Waals surface area contributed by atoms with Crippen LogP contribution in [0.4, 0.5) is 15.3 Å². The lowest BCUT2D eigenvalue weighted by atomic mass is 10.1. The summed E-state index contributed by atoms with van der Waals surface area (Å²) in [7, 11) is 0. The van der Waals surface area contributed by atoms with Crippen molar-refractivity contribution in [2.75, 3.05) is 25.0 Å². The molecule has 1 saturated heterocycles. The van der Waals surface area contributed by atoms with Crippen molar-refractivity contribution in [3.8, 4) is 0 Å². The number of nitrogens with one attached hydrogen (secondary N) is 1. The number of nitrogens with zero attached hydrogens (tertiary/aromatic N) is 2. The average Bonchev–Trinajstić information content (AvgIpc) is 3.32. The van der Waals surface area contributed by atoms with E-state index in [-0.39, 0.29) is 12.5 Å². The summed E-state index contributed by atoms with van der Waals surface area (Å²) >= 11 is 6.05. The topological polar surface area (TPSA) is 119 Å². The van der Waals surface area contributed by atoms with Gasteiger partial charge >= 0.3 is 12.2 Å². The smallest absolute Gasteiger partial charge is 0.410 e. The van der Waals surface area contributed by atoms with Gasteiger partial charge in [-0.25, -0.2) is 9.59 Å². The highest BCUT2D eigenvalue weighted by Crippen LogP contribution is 2.22. The Morgan fingerprint density at radius 3 is 2.51 bits per heavy atom. The predicted molar refractivity (Wildman–Crippen MR) is 141 cm³/mol. The van der Waals surface area contributed by atoms with E-state index >= 15 is 0 Å². The van der Waals surface area contributed by atoms with Gasteiger partial charge in [-0.2, -0.15) is 0 Å². The van der Waals surface area contributed by atoms with Gasteiger partial charge in [-0.3, -0.25) is 9.69 Å². The Bertz CT molecular complexity index is 1100. The minimum Gasteiger partial charge on any atom is -0.465 e. The second-order valence-corrected chi connectivity index (χ2v) is 10.5. The van der Waals surface area contributed by atoms with Crippen LogP contribution in [-0.2, 0) is 16.0 Å². The summed E-state index contributed by atoms with van der Waals surface area (Å²) in [4.78, 5) is 39.4. The monoisotopic (exact) mass is 531 g/mol. The minimum atomic E-state index is -1.09. The van der Waals surface area contributed by atoms with Gasteiger partial charge in [0, 0.05) is 23.8 Å². The Morgan fingerprint density at radius 1 is 1.19 bits per heavy atom. The van der Waals surface area contributed by atoms with Gasteiger partial charge in [0.2, 0.25) is 5.91 Å². The van der Waals surface area contributed by atoms with Crippen molar-refractivity contribution in [1.82, 2.24) is 9.80 Å². The first-order chi connectivity index (χ1) is 17.4. The number of carbonyl (C=O) groups excluding carboxylic acids is 2. The molecular weight excluding hydrogens is 498 g/mol. The maximum Gasteiger partial charge on any atom is 0.410 e. The molecule has 9 nitrogen and oxygen atoms in total. The Morgan fingerprint density at radius 2 is 1.89 bits per heavy atom. The van der Waals surface area contributed by atoms with Crippen molar-refractivity contribution in [1.29, 1.82) is 0 Å². The normalized spacial score (nSPS) is 16.2. The zero-order valence-electron chi connectivity index (χ0n) is 21.3. The maximum absolute atomic E-state index is 12.9. The molecule has 2 aromatic rings. The van der Waals surface area contributed by atoms with Gasteiger partial charge < -0.3 is 25.2 Å². The Hall–Kier alpha value is -3.30. The summed E-state index contributed by atoms with van der Waals surface area (Å²) in [6, 6.07) is 13.3. The van der Waals surface area contributed by atoms with Crippen molar-refractivity contribution in [3.05, 3.63) is 64.7 Å². The fourth-order valence-electron chi connectivity index (χ4n) is 4.12. The minimum absolute atomic E-state index is 0.0326. The number of halogens is 1. The number of ether oxygens (including phenoxy) is 1. The SMILES string of the molecule is CC(C)(C)OC(=O)N(CCc1ccc(NC(=O)[C@@H]2CCCN2C(=O)O)cc1)CC(O)c1cccc(Cl)c1. The maximum atomic E-state index is 12.9. The molecule has 3 rings (SSSR count). The summed E-state index contributed by atoms with van der Waals surface area (Å²) in [5.74, 6) is -0.348. The molecule has 1 unspecified atom stereocenters. The molecule has 1 fully saturated rings. The van der Waals surface area contributed by atoms with E-state index in [0.29, 0.717) is 48.6 Å². The van der Waals surface area contributed by atoms with Gasteiger partial charge in [0.1, 0.15) is 11.6 Å². The summed E-state index contributed by atoms with van der Waals surface area (Å²) < 4.78 is 5.54. The third-order valence-electron chi connectivity index (χ3n) is 5.97. The number of carbonyl (C=O) groups is 3. The van der Waals surface area contributed by atoms with Crippen LogP contribution in [0, 0.1) is 0 Å². The van der Waals surface area contributed by atoms with Crippen LogP contribution in [0.1, 0.15) is 50.8 Å². The van der Waals surface area contributed by atoms with Crippen LogP contribution >= 0.6 is 11.6 Å². The lowest BCUT2D eigenvalue weighted by Crippen LogP contribution is -2.42. The molecule has 200 valence electrons. The van der Waals surface area contributed by atoms with Gasteiger partial charge in [-0.1, -0.05) is 35.9 Å². The fourth-order valence-corrected chi connectivity index (χ4v) is 4.32. The summed E-state index contributed by atoms with van der Waals surface area (Å²) in [5, 5.41) is 23.3. The first-order valence-electron chi connectivity index (χ1n) is 12.2. The quantitative estimate of drug-likeness (QED) is 0.444. The van der Waals surface area contributed by atoms with E-state index in [1.165, 1.54) is 4.90 Å². The number of aliphatic hydroxyl groups is 1. The number of aliphatic hydroxyl groups excluding tert-OH is 1. The molecular formula is C27H34ClN3O6. The van der Waals surface area contributed by atoms with Crippen LogP contribution in [0.5, 0.6) is 0 Å². The van der Waals surface area contributed by atoms with Crippen LogP contribution in [-0.4, -0.2) is 69.4 Å². The Kier molecular flexibility index (Phi) is 9.39. The van der Waals surface area contributed by atoms with Crippen molar-refractivity contribution in [2.24, 2.45) is 0 Å². The summed E-state index contributed by atoms with van der Waals surface area (Å²) in [6.07, 6.45) is -0.920. The van der Waals surface area contributed by atoms with E-state index in [4.69, 9.17) is 16.3 Å². The van der Waals surface area contributed by atoms with Crippen LogP contribution in [0.25, 0.3) is 0 Å². The average molecular weight is 532 g/mol. The highest BCUT2D eigenvalue weighted by Gasteiger charge is 2.34. The zero-order chi connectivity index (χ0) is 27.2. The molecule has 37 heavy (non-hydrogen) atoms. The largest absolute Gasteiger partial charge is 0.465 e. The van der Waals surface area contributed by atoms with Crippen molar-refractivity contribution >= 4 is 35.4 Å². The van der Waals surface area contributed by atoms with Gasteiger partial charge in [0.25, 0.3) is 0 Å². The molecule has 1 aliphatic heterocycles. The van der Waals surface area contributed by atoms with E-state index < -0.39 is 29.9 Å². The number of hydrogen-bond donors (Lipinski definition) is 3. The molecule has 0 bridgehead atoms. The van der Waals surface area contributed by atoms with E-state index in [2.05, 4.69) is 5.32 Å². The van der Waals surface area contributed by atoms with Gasteiger partial charge in [-0.05, 0) is 75.4 Å². The van der Waals surface area contributed by atoms with Crippen molar-refractivity contribution < 1.29 is 29.3 Å². The van der Waals surface area contributed by atoms with Gasteiger partial charge in [0.15, 0.2) is 0 Å². The lowest BCUT2D eigenvalue weighted by Gasteiger charge is -2.29. The number of amides is 3. The molecule has 0 radical (unpaired) electrons. The van der Waals surface area contributed by atoms with Gasteiger partial charge in [-0.15, -0.1) is 0 Å². The molecule has 0 saturated carbocycles. The Labute approximate surface area is 222 Å². The summed E-state index contributed by atoms with van der Waals surface area (Å²) in [6.45, 7) is 6.03. The van der Waals surface area contributed by atoms with E-state index in [1.54, 1.807) is 57.2 Å². The first kappa shape index (κ1) is 28.3. The highest BCUT2D eigenvalue weighted by molar-refractivity contribution is 6.30. The highest BCUT2D eigenvalue weighted by atomic mass is 35.5. The third-order valence-corrected chi connectivity index (χ3v) is 6.21.